The minimum atomic E-state index is -2.32. The summed E-state index contributed by atoms with van der Waals surface area (Å²) in [6, 6.07) is 13.0. The van der Waals surface area contributed by atoms with Crippen LogP contribution in [0.4, 0.5) is 22.0 Å². The van der Waals surface area contributed by atoms with E-state index in [1.54, 1.807) is 6.07 Å². The van der Waals surface area contributed by atoms with Gasteiger partial charge in [0.25, 0.3) is 0 Å². The van der Waals surface area contributed by atoms with Gasteiger partial charge in [-0.2, -0.15) is 0 Å². The van der Waals surface area contributed by atoms with Gasteiger partial charge in [-0.25, -0.2) is 31.5 Å². The molecule has 160 valence electrons. The molecule has 0 fully saturated rings. The molecule has 0 spiro atoms. The molecule has 9 heteroatoms. The van der Waals surface area contributed by atoms with Gasteiger partial charge < -0.3 is 9.47 Å². The predicted molar refractivity (Wildman–Crippen MR) is 98.9 cm³/mol. The first-order chi connectivity index (χ1) is 14.8. The summed E-state index contributed by atoms with van der Waals surface area (Å²) in [5.41, 5.74) is -0.605. The van der Waals surface area contributed by atoms with Gasteiger partial charge in [-0.1, -0.05) is 36.4 Å². The molecule has 0 unspecified atom stereocenters. The summed E-state index contributed by atoms with van der Waals surface area (Å²) in [5.74, 6) is -13.0. The molecule has 3 aromatic carbocycles. The standard InChI is InChI=1S/C22H13F5O4/c23-18-15(19(24)21(26)22(27)20(18)25)11-31-17(29)8-7-16(28)30-10-12-5-6-13-3-1-2-4-14(13)9-12/h1-9H,10-11H2/b8-7+. The van der Waals surface area contributed by atoms with Crippen LogP contribution in [0.1, 0.15) is 11.1 Å². The summed E-state index contributed by atoms with van der Waals surface area (Å²) in [7, 11) is 0. The van der Waals surface area contributed by atoms with E-state index in [1.807, 2.05) is 36.4 Å². The van der Waals surface area contributed by atoms with Crippen molar-refractivity contribution < 1.29 is 41.0 Å². The van der Waals surface area contributed by atoms with Gasteiger partial charge in [0, 0.05) is 12.2 Å². The molecule has 0 radical (unpaired) electrons. The molecule has 0 bridgehead atoms. The van der Waals surface area contributed by atoms with Gasteiger partial charge in [0.1, 0.15) is 13.2 Å². The number of benzene rings is 3. The molecule has 0 atom stereocenters. The van der Waals surface area contributed by atoms with Crippen LogP contribution >= 0.6 is 0 Å². The number of esters is 2. The first-order valence-corrected chi connectivity index (χ1v) is 8.77. The van der Waals surface area contributed by atoms with Gasteiger partial charge in [0.05, 0.1) is 5.56 Å². The molecular formula is C22H13F5O4. The quantitative estimate of drug-likeness (QED) is 0.182. The topological polar surface area (TPSA) is 52.6 Å². The third kappa shape index (κ3) is 5.06. The zero-order valence-corrected chi connectivity index (χ0v) is 15.6. The van der Waals surface area contributed by atoms with Crippen LogP contribution in [0.5, 0.6) is 0 Å². The Morgan fingerprint density at radius 3 is 1.81 bits per heavy atom. The molecule has 0 saturated carbocycles. The number of carbonyl (C=O) groups is 2. The highest BCUT2D eigenvalue weighted by Crippen LogP contribution is 2.23. The number of hydrogen-bond acceptors (Lipinski definition) is 4. The number of hydrogen-bond donors (Lipinski definition) is 0. The van der Waals surface area contributed by atoms with Crippen LogP contribution in [-0.2, 0) is 32.3 Å². The minimum Gasteiger partial charge on any atom is -0.458 e. The molecule has 31 heavy (non-hydrogen) atoms. The molecule has 0 aliphatic rings. The maximum Gasteiger partial charge on any atom is 0.331 e. The molecule has 0 aliphatic carbocycles. The van der Waals surface area contributed by atoms with Gasteiger partial charge in [-0.05, 0) is 22.4 Å². The lowest BCUT2D eigenvalue weighted by atomic mass is 10.1. The summed E-state index contributed by atoms with van der Waals surface area (Å²) < 4.78 is 75.7. The summed E-state index contributed by atoms with van der Waals surface area (Å²) >= 11 is 0. The van der Waals surface area contributed by atoms with Crippen molar-refractivity contribution in [2.24, 2.45) is 0 Å². The van der Waals surface area contributed by atoms with Gasteiger partial charge in [-0.15, -0.1) is 0 Å². The fraction of sp³-hybridized carbons (Fsp3) is 0.0909. The molecule has 4 nitrogen and oxygen atoms in total. The summed E-state index contributed by atoms with van der Waals surface area (Å²) in [6.07, 6.45) is 1.32. The Morgan fingerprint density at radius 2 is 1.19 bits per heavy atom. The predicted octanol–water partition coefficient (Wildman–Crippen LogP) is 4.88. The maximum atomic E-state index is 13.5. The number of rotatable bonds is 6. The van der Waals surface area contributed by atoms with E-state index in [9.17, 15) is 31.5 Å². The van der Waals surface area contributed by atoms with E-state index >= 15 is 0 Å². The fourth-order valence-corrected chi connectivity index (χ4v) is 2.64. The zero-order chi connectivity index (χ0) is 22.5. The van der Waals surface area contributed by atoms with Crippen molar-refractivity contribution in [1.29, 1.82) is 0 Å². The van der Waals surface area contributed by atoms with Crippen LogP contribution in [0.2, 0.25) is 0 Å². The van der Waals surface area contributed by atoms with Crippen molar-refractivity contribution >= 4 is 22.7 Å². The number of ether oxygens (including phenoxy) is 2. The molecular weight excluding hydrogens is 423 g/mol. The second kappa shape index (κ2) is 9.38. The highest BCUT2D eigenvalue weighted by Gasteiger charge is 2.26. The number of fused-ring (bicyclic) bond motifs is 1. The molecule has 3 rings (SSSR count). The van der Waals surface area contributed by atoms with Gasteiger partial charge in [-0.3, -0.25) is 0 Å². The second-order valence-electron chi connectivity index (χ2n) is 6.28. The third-order valence-electron chi connectivity index (χ3n) is 4.21. The van der Waals surface area contributed by atoms with Crippen LogP contribution in [-0.4, -0.2) is 11.9 Å². The summed E-state index contributed by atoms with van der Waals surface area (Å²) in [5, 5.41) is 1.96. The Labute approximate surface area is 172 Å². The highest BCUT2D eigenvalue weighted by molar-refractivity contribution is 5.91. The van der Waals surface area contributed by atoms with E-state index in [2.05, 4.69) is 4.74 Å². The van der Waals surface area contributed by atoms with Gasteiger partial charge in [0.15, 0.2) is 23.3 Å². The monoisotopic (exact) mass is 436 g/mol. The van der Waals surface area contributed by atoms with Crippen LogP contribution in [0.3, 0.4) is 0 Å². The number of carbonyl (C=O) groups excluding carboxylic acids is 2. The Bertz CT molecular complexity index is 1160. The van der Waals surface area contributed by atoms with Crippen LogP contribution < -0.4 is 0 Å². The molecule has 0 amide bonds. The van der Waals surface area contributed by atoms with E-state index < -0.39 is 53.2 Å². The van der Waals surface area contributed by atoms with Crippen molar-refractivity contribution in [3.05, 3.63) is 94.8 Å². The van der Waals surface area contributed by atoms with Crippen LogP contribution in [0.15, 0.2) is 54.6 Å². The normalized spacial score (nSPS) is 11.1. The van der Waals surface area contributed by atoms with Gasteiger partial charge in [0.2, 0.25) is 5.82 Å². The first kappa shape index (κ1) is 21.9. The number of halogens is 5. The van der Waals surface area contributed by atoms with Gasteiger partial charge >= 0.3 is 11.9 Å². The average Bonchev–Trinajstić information content (AvgIpc) is 2.78. The molecule has 0 heterocycles. The largest absolute Gasteiger partial charge is 0.458 e. The Morgan fingerprint density at radius 1 is 0.677 bits per heavy atom. The van der Waals surface area contributed by atoms with Crippen LogP contribution in [0, 0.1) is 29.1 Å². The van der Waals surface area contributed by atoms with E-state index in [0.29, 0.717) is 17.7 Å². The Balaban J connectivity index is 1.54. The van der Waals surface area contributed by atoms with Crippen molar-refractivity contribution in [3.8, 4) is 0 Å². The maximum absolute atomic E-state index is 13.5. The molecule has 0 aromatic heterocycles. The van der Waals surface area contributed by atoms with E-state index in [-0.39, 0.29) is 6.61 Å². The van der Waals surface area contributed by atoms with E-state index in [1.165, 1.54) is 0 Å². The Hall–Kier alpha value is -3.75. The summed E-state index contributed by atoms with van der Waals surface area (Å²) in [4.78, 5) is 23.3. The van der Waals surface area contributed by atoms with Crippen molar-refractivity contribution in [2.45, 2.75) is 13.2 Å². The first-order valence-electron chi connectivity index (χ1n) is 8.77. The lowest BCUT2D eigenvalue weighted by Gasteiger charge is -2.08. The van der Waals surface area contributed by atoms with Crippen LogP contribution in [0.25, 0.3) is 10.8 Å². The summed E-state index contributed by atoms with van der Waals surface area (Å²) in [6.45, 7) is -1.30. The average molecular weight is 436 g/mol. The SMILES string of the molecule is O=C(/C=C/C(=O)OCc1c(F)c(F)c(F)c(F)c1F)OCc1ccc2ccccc2c1. The molecule has 0 saturated heterocycles. The molecule has 0 N–H and O–H groups in total. The minimum absolute atomic E-state index is 0.0758. The second-order valence-corrected chi connectivity index (χ2v) is 6.28. The lowest BCUT2D eigenvalue weighted by Crippen LogP contribution is -2.11. The third-order valence-corrected chi connectivity index (χ3v) is 4.21. The van der Waals surface area contributed by atoms with Crippen molar-refractivity contribution in [2.75, 3.05) is 0 Å². The fourth-order valence-electron chi connectivity index (χ4n) is 2.64. The van der Waals surface area contributed by atoms with Crippen molar-refractivity contribution in [3.63, 3.8) is 0 Å². The molecule has 3 aromatic rings. The zero-order valence-electron chi connectivity index (χ0n) is 15.6. The molecule has 0 aliphatic heterocycles. The highest BCUT2D eigenvalue weighted by atomic mass is 19.2. The van der Waals surface area contributed by atoms with E-state index in [4.69, 9.17) is 4.74 Å². The van der Waals surface area contributed by atoms with Crippen molar-refractivity contribution in [1.82, 2.24) is 0 Å². The lowest BCUT2D eigenvalue weighted by molar-refractivity contribution is -0.141. The smallest absolute Gasteiger partial charge is 0.331 e. The van der Waals surface area contributed by atoms with E-state index in [0.717, 1.165) is 10.8 Å². The Kier molecular flexibility index (Phi) is 6.64.